The molecule has 0 bridgehead atoms. The second-order valence-corrected chi connectivity index (χ2v) is 4.23. The zero-order chi connectivity index (χ0) is 12.1. The topological polar surface area (TPSA) is 60.6 Å². The van der Waals surface area contributed by atoms with Crippen molar-refractivity contribution in [1.29, 1.82) is 0 Å². The van der Waals surface area contributed by atoms with Gasteiger partial charge in [-0.3, -0.25) is 4.68 Å². The highest BCUT2D eigenvalue weighted by molar-refractivity contribution is 4.99. The summed E-state index contributed by atoms with van der Waals surface area (Å²) in [5.41, 5.74) is 1.21. The van der Waals surface area contributed by atoms with Crippen LogP contribution in [-0.4, -0.2) is 31.1 Å². The van der Waals surface area contributed by atoms with Crippen molar-refractivity contribution in [3.05, 3.63) is 30.6 Å². The van der Waals surface area contributed by atoms with Crippen LogP contribution in [0, 0.1) is 0 Å². The summed E-state index contributed by atoms with van der Waals surface area (Å²) < 4.78 is 3.98. The van der Waals surface area contributed by atoms with Crippen LogP contribution in [0.2, 0.25) is 0 Å². The van der Waals surface area contributed by atoms with Crippen LogP contribution in [-0.2, 0) is 13.1 Å². The van der Waals surface area contributed by atoms with Gasteiger partial charge in [0.05, 0.1) is 24.8 Å². The molecule has 0 fully saturated rings. The quantitative estimate of drug-likeness (QED) is 0.753. The molecule has 92 valence electrons. The van der Waals surface area contributed by atoms with Crippen LogP contribution in [0.5, 0.6) is 0 Å². The molecule has 2 heterocycles. The Morgan fingerprint density at radius 2 is 2.29 bits per heavy atom. The van der Waals surface area contributed by atoms with Crippen molar-refractivity contribution < 1.29 is 0 Å². The van der Waals surface area contributed by atoms with Gasteiger partial charge in [0.1, 0.15) is 0 Å². The van der Waals surface area contributed by atoms with E-state index < -0.39 is 0 Å². The van der Waals surface area contributed by atoms with Crippen LogP contribution >= 0.6 is 0 Å². The SMILES string of the molecule is CC(C)n1cncc1CNCCn1ccnn1. The van der Waals surface area contributed by atoms with E-state index in [0.717, 1.165) is 19.6 Å². The first kappa shape index (κ1) is 11.8. The summed E-state index contributed by atoms with van der Waals surface area (Å²) in [4.78, 5) is 4.17. The number of hydrogen-bond donors (Lipinski definition) is 1. The smallest absolute Gasteiger partial charge is 0.0951 e. The van der Waals surface area contributed by atoms with E-state index in [4.69, 9.17) is 0 Å². The molecule has 2 aromatic rings. The van der Waals surface area contributed by atoms with Crippen LogP contribution in [0.1, 0.15) is 25.6 Å². The number of hydrogen-bond acceptors (Lipinski definition) is 4. The molecule has 0 aliphatic carbocycles. The van der Waals surface area contributed by atoms with Gasteiger partial charge in [-0.1, -0.05) is 5.21 Å². The molecule has 0 aliphatic rings. The Morgan fingerprint density at radius 1 is 1.41 bits per heavy atom. The third kappa shape index (κ3) is 3.13. The lowest BCUT2D eigenvalue weighted by atomic mass is 10.3. The molecule has 0 radical (unpaired) electrons. The molecule has 0 saturated carbocycles. The number of nitrogens with one attached hydrogen (secondary N) is 1. The highest BCUT2D eigenvalue weighted by Crippen LogP contribution is 2.07. The number of rotatable bonds is 6. The first-order valence-corrected chi connectivity index (χ1v) is 5.83. The Kier molecular flexibility index (Phi) is 3.87. The van der Waals surface area contributed by atoms with E-state index in [1.807, 2.05) is 23.4 Å². The molecule has 0 atom stereocenters. The summed E-state index contributed by atoms with van der Waals surface area (Å²) in [7, 11) is 0. The van der Waals surface area contributed by atoms with E-state index in [0.29, 0.717) is 6.04 Å². The van der Waals surface area contributed by atoms with Crippen LogP contribution in [0.3, 0.4) is 0 Å². The first-order chi connectivity index (χ1) is 8.27. The van der Waals surface area contributed by atoms with Gasteiger partial charge < -0.3 is 9.88 Å². The van der Waals surface area contributed by atoms with Gasteiger partial charge in [-0.15, -0.1) is 5.10 Å². The van der Waals surface area contributed by atoms with Crippen molar-refractivity contribution in [2.75, 3.05) is 6.54 Å². The van der Waals surface area contributed by atoms with E-state index >= 15 is 0 Å². The van der Waals surface area contributed by atoms with Crippen molar-refractivity contribution in [3.63, 3.8) is 0 Å². The average molecular weight is 234 g/mol. The maximum absolute atomic E-state index is 4.17. The summed E-state index contributed by atoms with van der Waals surface area (Å²) in [6.45, 7) is 6.83. The Bertz CT molecular complexity index is 431. The fourth-order valence-corrected chi connectivity index (χ4v) is 1.70. The van der Waals surface area contributed by atoms with Crippen LogP contribution in [0.15, 0.2) is 24.9 Å². The van der Waals surface area contributed by atoms with Crippen LogP contribution < -0.4 is 5.32 Å². The highest BCUT2D eigenvalue weighted by Gasteiger charge is 2.04. The zero-order valence-corrected chi connectivity index (χ0v) is 10.2. The summed E-state index contributed by atoms with van der Waals surface area (Å²) in [6, 6.07) is 0.449. The minimum absolute atomic E-state index is 0.449. The lowest BCUT2D eigenvalue weighted by Crippen LogP contribution is -2.21. The summed E-state index contributed by atoms with van der Waals surface area (Å²) in [5.74, 6) is 0. The highest BCUT2D eigenvalue weighted by atomic mass is 15.4. The van der Waals surface area contributed by atoms with Crippen molar-refractivity contribution >= 4 is 0 Å². The van der Waals surface area contributed by atoms with Gasteiger partial charge in [0.25, 0.3) is 0 Å². The van der Waals surface area contributed by atoms with E-state index in [9.17, 15) is 0 Å². The van der Waals surface area contributed by atoms with Gasteiger partial charge in [-0.25, -0.2) is 4.98 Å². The van der Waals surface area contributed by atoms with Crippen molar-refractivity contribution in [1.82, 2.24) is 29.9 Å². The van der Waals surface area contributed by atoms with E-state index in [1.165, 1.54) is 5.69 Å². The summed E-state index contributed by atoms with van der Waals surface area (Å²) >= 11 is 0. The largest absolute Gasteiger partial charge is 0.331 e. The fourth-order valence-electron chi connectivity index (χ4n) is 1.70. The number of imidazole rings is 1. The number of nitrogens with zero attached hydrogens (tertiary/aromatic N) is 5. The standard InChI is InChI=1S/C11H18N6/c1-10(2)17-9-13-8-11(17)7-12-3-5-16-6-4-14-15-16/h4,6,8-10,12H,3,5,7H2,1-2H3. The predicted octanol–water partition coefficient (Wildman–Crippen LogP) is 0.845. The van der Waals surface area contributed by atoms with E-state index in [-0.39, 0.29) is 0 Å². The van der Waals surface area contributed by atoms with Crippen LogP contribution in [0.4, 0.5) is 0 Å². The monoisotopic (exact) mass is 234 g/mol. The normalized spacial score (nSPS) is 11.2. The lowest BCUT2D eigenvalue weighted by molar-refractivity contribution is 0.515. The Balaban J connectivity index is 1.76. The molecule has 0 aromatic carbocycles. The molecule has 0 saturated heterocycles. The minimum Gasteiger partial charge on any atom is -0.331 e. The molecule has 2 rings (SSSR count). The molecule has 17 heavy (non-hydrogen) atoms. The second kappa shape index (κ2) is 5.58. The molecule has 6 nitrogen and oxygen atoms in total. The predicted molar refractivity (Wildman–Crippen MR) is 64.3 cm³/mol. The van der Waals surface area contributed by atoms with Crippen molar-refractivity contribution in [2.24, 2.45) is 0 Å². The Morgan fingerprint density at radius 3 is 3.00 bits per heavy atom. The van der Waals surface area contributed by atoms with Crippen molar-refractivity contribution in [2.45, 2.75) is 33.0 Å². The molecule has 0 unspecified atom stereocenters. The average Bonchev–Trinajstić information content (AvgIpc) is 2.95. The molecular weight excluding hydrogens is 216 g/mol. The fraction of sp³-hybridized carbons (Fsp3) is 0.545. The number of aromatic nitrogens is 5. The Labute approximate surface area is 101 Å². The molecule has 2 aromatic heterocycles. The maximum Gasteiger partial charge on any atom is 0.0951 e. The third-order valence-corrected chi connectivity index (χ3v) is 2.60. The van der Waals surface area contributed by atoms with Gasteiger partial charge in [-0.2, -0.15) is 0 Å². The lowest BCUT2D eigenvalue weighted by Gasteiger charge is -2.12. The molecule has 1 N–H and O–H groups in total. The van der Waals surface area contributed by atoms with Gasteiger partial charge in [0, 0.05) is 31.5 Å². The van der Waals surface area contributed by atoms with Crippen LogP contribution in [0.25, 0.3) is 0 Å². The molecule has 0 amide bonds. The first-order valence-electron chi connectivity index (χ1n) is 5.83. The Hall–Kier alpha value is -1.69. The van der Waals surface area contributed by atoms with Gasteiger partial charge >= 0.3 is 0 Å². The summed E-state index contributed by atoms with van der Waals surface area (Å²) in [6.07, 6.45) is 7.33. The summed E-state index contributed by atoms with van der Waals surface area (Å²) in [5, 5.41) is 11.0. The van der Waals surface area contributed by atoms with E-state index in [1.54, 1.807) is 6.20 Å². The zero-order valence-electron chi connectivity index (χ0n) is 10.2. The van der Waals surface area contributed by atoms with Gasteiger partial charge in [-0.05, 0) is 13.8 Å². The third-order valence-electron chi connectivity index (χ3n) is 2.60. The van der Waals surface area contributed by atoms with Crippen molar-refractivity contribution in [3.8, 4) is 0 Å². The van der Waals surface area contributed by atoms with E-state index in [2.05, 4.69) is 39.0 Å². The molecule has 0 aliphatic heterocycles. The van der Waals surface area contributed by atoms with Gasteiger partial charge in [0.2, 0.25) is 0 Å². The molecule has 0 spiro atoms. The minimum atomic E-state index is 0.449. The van der Waals surface area contributed by atoms with Gasteiger partial charge in [0.15, 0.2) is 0 Å². The molecule has 6 heteroatoms. The second-order valence-electron chi connectivity index (χ2n) is 4.23. The molecular formula is C11H18N6. The maximum atomic E-state index is 4.17.